The molecular formula is C15H19FN4O. The molecule has 21 heavy (non-hydrogen) atoms. The molecule has 3 N–H and O–H groups in total. The van der Waals surface area contributed by atoms with E-state index < -0.39 is 5.82 Å². The first-order valence-electron chi connectivity index (χ1n) is 6.92. The zero-order valence-corrected chi connectivity index (χ0v) is 12.2. The summed E-state index contributed by atoms with van der Waals surface area (Å²) in [6.07, 6.45) is 1.57. The third kappa shape index (κ3) is 3.04. The van der Waals surface area contributed by atoms with Gasteiger partial charge in [0.2, 0.25) is 5.91 Å². The lowest BCUT2D eigenvalue weighted by Crippen LogP contribution is -2.35. The SMILES string of the molecule is CCN(CC)C(=O)CNc1c(F)cc(N)c2cccnc12. The fraction of sp³-hybridized carbons (Fsp3) is 0.333. The van der Waals surface area contributed by atoms with Crippen LogP contribution in [0.2, 0.25) is 0 Å². The lowest BCUT2D eigenvalue weighted by Gasteiger charge is -2.19. The average molecular weight is 290 g/mol. The van der Waals surface area contributed by atoms with Crippen molar-refractivity contribution in [2.75, 3.05) is 30.7 Å². The maximum Gasteiger partial charge on any atom is 0.241 e. The van der Waals surface area contributed by atoms with Crippen molar-refractivity contribution in [3.8, 4) is 0 Å². The van der Waals surface area contributed by atoms with Crippen LogP contribution in [0.3, 0.4) is 0 Å². The van der Waals surface area contributed by atoms with Crippen LogP contribution in [-0.2, 0) is 4.79 Å². The van der Waals surface area contributed by atoms with Gasteiger partial charge < -0.3 is 16.0 Å². The Labute approximate surface area is 122 Å². The molecular weight excluding hydrogens is 271 g/mol. The van der Waals surface area contributed by atoms with Gasteiger partial charge in [0.15, 0.2) is 5.82 Å². The smallest absolute Gasteiger partial charge is 0.241 e. The third-order valence-corrected chi connectivity index (χ3v) is 3.41. The summed E-state index contributed by atoms with van der Waals surface area (Å²) in [5.41, 5.74) is 6.76. The van der Waals surface area contributed by atoms with Gasteiger partial charge in [0.1, 0.15) is 0 Å². The number of carbonyl (C=O) groups is 1. The quantitative estimate of drug-likeness (QED) is 0.828. The maximum absolute atomic E-state index is 14.1. The molecule has 1 amide bonds. The lowest BCUT2D eigenvalue weighted by molar-refractivity contribution is -0.128. The number of aromatic nitrogens is 1. The summed E-state index contributed by atoms with van der Waals surface area (Å²) in [5.74, 6) is -0.591. The number of pyridine rings is 1. The highest BCUT2D eigenvalue weighted by molar-refractivity contribution is 5.99. The number of nitrogens with two attached hydrogens (primary N) is 1. The molecule has 0 aliphatic carbocycles. The largest absolute Gasteiger partial charge is 0.398 e. The molecule has 112 valence electrons. The molecule has 1 aromatic heterocycles. The molecule has 0 saturated carbocycles. The Bertz CT molecular complexity index is 655. The monoisotopic (exact) mass is 290 g/mol. The topological polar surface area (TPSA) is 71.2 Å². The van der Waals surface area contributed by atoms with Gasteiger partial charge in [0, 0.05) is 30.4 Å². The van der Waals surface area contributed by atoms with Crippen molar-refractivity contribution >= 4 is 28.2 Å². The first-order chi connectivity index (χ1) is 10.1. The molecule has 6 heteroatoms. The fourth-order valence-corrected chi connectivity index (χ4v) is 2.26. The number of likely N-dealkylation sites (N-methyl/N-ethyl adjacent to an activating group) is 1. The fourth-order valence-electron chi connectivity index (χ4n) is 2.26. The summed E-state index contributed by atoms with van der Waals surface area (Å²) in [6, 6.07) is 4.75. The first kappa shape index (κ1) is 15.0. The van der Waals surface area contributed by atoms with Crippen LogP contribution in [-0.4, -0.2) is 35.4 Å². The normalized spacial score (nSPS) is 10.6. The minimum absolute atomic E-state index is 0.0220. The predicted octanol–water partition coefficient (Wildman–Crippen LogP) is 2.24. The van der Waals surface area contributed by atoms with Gasteiger partial charge in [-0.3, -0.25) is 9.78 Å². The molecule has 1 aromatic carbocycles. The number of amides is 1. The van der Waals surface area contributed by atoms with E-state index in [0.29, 0.717) is 29.7 Å². The molecule has 0 saturated heterocycles. The van der Waals surface area contributed by atoms with E-state index in [0.717, 1.165) is 0 Å². The second-order valence-corrected chi connectivity index (χ2v) is 4.64. The predicted molar refractivity (Wildman–Crippen MR) is 82.5 cm³/mol. The Kier molecular flexibility index (Phi) is 4.57. The summed E-state index contributed by atoms with van der Waals surface area (Å²) < 4.78 is 14.1. The van der Waals surface area contributed by atoms with Gasteiger partial charge >= 0.3 is 0 Å². The van der Waals surface area contributed by atoms with E-state index >= 15 is 0 Å². The van der Waals surface area contributed by atoms with Crippen molar-refractivity contribution < 1.29 is 9.18 Å². The molecule has 0 bridgehead atoms. The van der Waals surface area contributed by atoms with Crippen molar-refractivity contribution in [1.29, 1.82) is 0 Å². The van der Waals surface area contributed by atoms with Gasteiger partial charge in [0.05, 0.1) is 17.7 Å². The molecule has 0 atom stereocenters. The van der Waals surface area contributed by atoms with E-state index in [1.165, 1.54) is 6.07 Å². The molecule has 0 aliphatic heterocycles. The summed E-state index contributed by atoms with van der Waals surface area (Å²) in [7, 11) is 0. The summed E-state index contributed by atoms with van der Waals surface area (Å²) in [6.45, 7) is 5.08. The number of carbonyl (C=O) groups excluding carboxylic acids is 1. The van der Waals surface area contributed by atoms with E-state index in [1.54, 1.807) is 23.2 Å². The molecule has 0 aliphatic rings. The van der Waals surface area contributed by atoms with Crippen molar-refractivity contribution in [2.45, 2.75) is 13.8 Å². The van der Waals surface area contributed by atoms with Crippen molar-refractivity contribution in [3.05, 3.63) is 30.2 Å². The minimum atomic E-state index is -0.508. The van der Waals surface area contributed by atoms with Gasteiger partial charge in [-0.25, -0.2) is 4.39 Å². The Morgan fingerprint density at radius 3 is 2.81 bits per heavy atom. The summed E-state index contributed by atoms with van der Waals surface area (Å²) in [5, 5.41) is 3.51. The lowest BCUT2D eigenvalue weighted by atomic mass is 10.1. The highest BCUT2D eigenvalue weighted by atomic mass is 19.1. The van der Waals surface area contributed by atoms with Crippen LogP contribution < -0.4 is 11.1 Å². The van der Waals surface area contributed by atoms with Crippen LogP contribution in [0, 0.1) is 5.82 Å². The summed E-state index contributed by atoms with van der Waals surface area (Å²) >= 11 is 0. The maximum atomic E-state index is 14.1. The molecule has 0 radical (unpaired) electrons. The molecule has 0 fully saturated rings. The number of nitrogens with zero attached hydrogens (tertiary/aromatic N) is 2. The van der Waals surface area contributed by atoms with Crippen LogP contribution in [0.25, 0.3) is 10.9 Å². The van der Waals surface area contributed by atoms with Gasteiger partial charge in [-0.2, -0.15) is 0 Å². The van der Waals surface area contributed by atoms with E-state index in [2.05, 4.69) is 10.3 Å². The van der Waals surface area contributed by atoms with Crippen molar-refractivity contribution in [1.82, 2.24) is 9.88 Å². The number of hydrogen-bond donors (Lipinski definition) is 2. The summed E-state index contributed by atoms with van der Waals surface area (Å²) in [4.78, 5) is 17.8. The van der Waals surface area contributed by atoms with Crippen LogP contribution in [0.15, 0.2) is 24.4 Å². The standard InChI is InChI=1S/C15H19FN4O/c1-3-20(4-2)13(21)9-19-15-11(16)8-12(17)10-6-5-7-18-14(10)15/h5-8,19H,3-4,9,17H2,1-2H3. The molecule has 2 aromatic rings. The second kappa shape index (κ2) is 6.39. The number of hydrogen-bond acceptors (Lipinski definition) is 4. The highest BCUT2D eigenvalue weighted by Crippen LogP contribution is 2.29. The van der Waals surface area contributed by atoms with E-state index in [4.69, 9.17) is 5.73 Å². The minimum Gasteiger partial charge on any atom is -0.398 e. The first-order valence-corrected chi connectivity index (χ1v) is 6.92. The van der Waals surface area contributed by atoms with Gasteiger partial charge in [-0.1, -0.05) is 0 Å². The zero-order valence-electron chi connectivity index (χ0n) is 12.2. The number of halogens is 1. The molecule has 0 unspecified atom stereocenters. The van der Waals surface area contributed by atoms with Gasteiger partial charge in [-0.05, 0) is 32.0 Å². The third-order valence-electron chi connectivity index (χ3n) is 3.41. The number of nitrogen functional groups attached to an aromatic ring is 1. The molecule has 0 spiro atoms. The van der Waals surface area contributed by atoms with E-state index in [-0.39, 0.29) is 18.1 Å². The number of benzene rings is 1. The zero-order chi connectivity index (χ0) is 15.4. The number of nitrogens with one attached hydrogen (secondary N) is 1. The molecule has 5 nitrogen and oxygen atoms in total. The number of fused-ring (bicyclic) bond motifs is 1. The molecule has 1 heterocycles. The number of rotatable bonds is 5. The van der Waals surface area contributed by atoms with E-state index in [1.807, 2.05) is 13.8 Å². The average Bonchev–Trinajstić information content (AvgIpc) is 2.48. The Balaban J connectivity index is 2.29. The van der Waals surface area contributed by atoms with Crippen molar-refractivity contribution in [3.63, 3.8) is 0 Å². The second-order valence-electron chi connectivity index (χ2n) is 4.64. The van der Waals surface area contributed by atoms with Gasteiger partial charge in [-0.15, -0.1) is 0 Å². The van der Waals surface area contributed by atoms with Crippen LogP contribution in [0.1, 0.15) is 13.8 Å². The van der Waals surface area contributed by atoms with E-state index in [9.17, 15) is 9.18 Å². The Morgan fingerprint density at radius 1 is 1.43 bits per heavy atom. The van der Waals surface area contributed by atoms with Crippen LogP contribution in [0.5, 0.6) is 0 Å². The highest BCUT2D eigenvalue weighted by Gasteiger charge is 2.14. The van der Waals surface area contributed by atoms with Gasteiger partial charge in [0.25, 0.3) is 0 Å². The van der Waals surface area contributed by atoms with Crippen molar-refractivity contribution in [2.24, 2.45) is 0 Å². The molecule has 2 rings (SSSR count). The number of anilines is 2. The van der Waals surface area contributed by atoms with Crippen LogP contribution >= 0.6 is 0 Å². The Hall–Kier alpha value is -2.37. The van der Waals surface area contributed by atoms with Crippen LogP contribution in [0.4, 0.5) is 15.8 Å². The Morgan fingerprint density at radius 2 is 2.14 bits per heavy atom.